The van der Waals surface area contributed by atoms with E-state index < -0.39 is 0 Å². The summed E-state index contributed by atoms with van der Waals surface area (Å²) in [4.78, 5) is 0. The molecular weight excluding hydrogens is 326 g/mol. The lowest BCUT2D eigenvalue weighted by atomic mass is 9.92. The maximum absolute atomic E-state index is 2.53. The Morgan fingerprint density at radius 1 is 0.667 bits per heavy atom. The lowest BCUT2D eigenvalue weighted by Crippen LogP contribution is -2.40. The fourth-order valence-corrected chi connectivity index (χ4v) is 3.98. The van der Waals surface area contributed by atoms with Crippen molar-refractivity contribution in [3.63, 3.8) is 0 Å². The van der Waals surface area contributed by atoms with Crippen molar-refractivity contribution in [1.29, 1.82) is 0 Å². The van der Waals surface area contributed by atoms with Gasteiger partial charge in [0.05, 0.1) is 5.56 Å². The molecule has 0 aliphatic carbocycles. The van der Waals surface area contributed by atoms with E-state index in [9.17, 15) is 0 Å². The standard InChI is InChI=1S/C26H26N/c1-3-4-19-27-20(2)23-17-11-12-18-24(23)25(21-13-7-5-8-14-21)26(27)22-15-9-6-10-16-22/h5-18H,3-4,19H2,1-2H3/q+1. The van der Waals surface area contributed by atoms with Gasteiger partial charge in [0.1, 0.15) is 6.54 Å². The van der Waals surface area contributed by atoms with Gasteiger partial charge in [-0.3, -0.25) is 0 Å². The highest BCUT2D eigenvalue weighted by Crippen LogP contribution is 2.36. The van der Waals surface area contributed by atoms with Gasteiger partial charge in [0.15, 0.2) is 5.69 Å². The van der Waals surface area contributed by atoms with Gasteiger partial charge in [-0.05, 0) is 23.8 Å². The van der Waals surface area contributed by atoms with Crippen LogP contribution in [0.4, 0.5) is 0 Å². The van der Waals surface area contributed by atoms with Crippen LogP contribution in [0.3, 0.4) is 0 Å². The Morgan fingerprint density at radius 2 is 1.22 bits per heavy atom. The maximum atomic E-state index is 2.53. The van der Waals surface area contributed by atoms with Crippen molar-refractivity contribution in [3.05, 3.63) is 90.6 Å². The monoisotopic (exact) mass is 352 g/mol. The molecule has 0 fully saturated rings. The summed E-state index contributed by atoms with van der Waals surface area (Å²) in [6.07, 6.45) is 2.37. The molecule has 0 N–H and O–H groups in total. The van der Waals surface area contributed by atoms with Gasteiger partial charge in [0.25, 0.3) is 0 Å². The van der Waals surface area contributed by atoms with E-state index in [-0.39, 0.29) is 0 Å². The number of pyridine rings is 1. The number of aromatic nitrogens is 1. The van der Waals surface area contributed by atoms with Crippen molar-refractivity contribution in [1.82, 2.24) is 0 Å². The Balaban J connectivity index is 2.15. The zero-order chi connectivity index (χ0) is 18.6. The molecule has 0 atom stereocenters. The van der Waals surface area contributed by atoms with E-state index in [0.717, 1.165) is 6.54 Å². The quantitative estimate of drug-likeness (QED) is 0.358. The first-order valence-electron chi connectivity index (χ1n) is 9.87. The van der Waals surface area contributed by atoms with E-state index in [1.54, 1.807) is 0 Å². The molecule has 1 heteroatoms. The summed E-state index contributed by atoms with van der Waals surface area (Å²) in [6.45, 7) is 5.56. The van der Waals surface area contributed by atoms with Crippen LogP contribution in [0.15, 0.2) is 84.9 Å². The molecule has 0 aliphatic heterocycles. The smallest absolute Gasteiger partial charge is 0.195 e. The number of hydrogen-bond donors (Lipinski definition) is 0. The van der Waals surface area contributed by atoms with Gasteiger partial charge in [0.2, 0.25) is 5.69 Å². The third-order valence-corrected chi connectivity index (χ3v) is 5.34. The predicted molar refractivity (Wildman–Crippen MR) is 115 cm³/mol. The summed E-state index contributed by atoms with van der Waals surface area (Å²) in [6, 6.07) is 30.5. The average molecular weight is 353 g/mol. The number of rotatable bonds is 5. The number of aryl methyl sites for hydroxylation is 1. The van der Waals surface area contributed by atoms with Gasteiger partial charge in [-0.25, -0.2) is 0 Å². The maximum Gasteiger partial charge on any atom is 0.221 e. The van der Waals surface area contributed by atoms with Crippen LogP contribution in [0.2, 0.25) is 0 Å². The summed E-state index contributed by atoms with van der Waals surface area (Å²) in [5.74, 6) is 0. The number of unbranched alkanes of at least 4 members (excludes halogenated alkanes) is 1. The molecule has 0 spiro atoms. The highest BCUT2D eigenvalue weighted by atomic mass is 15.0. The van der Waals surface area contributed by atoms with Crippen LogP contribution >= 0.6 is 0 Å². The predicted octanol–water partition coefficient (Wildman–Crippen LogP) is 6.57. The molecule has 4 aromatic rings. The first kappa shape index (κ1) is 17.5. The van der Waals surface area contributed by atoms with Crippen LogP contribution in [-0.2, 0) is 6.54 Å². The SMILES string of the molecule is CCCC[n+]1c(-c2ccccc2)c(-c2ccccc2)c2ccccc2c1C. The number of nitrogens with zero attached hydrogens (tertiary/aromatic N) is 1. The van der Waals surface area contributed by atoms with Crippen molar-refractivity contribution < 1.29 is 4.57 Å². The zero-order valence-electron chi connectivity index (χ0n) is 16.2. The van der Waals surface area contributed by atoms with Crippen LogP contribution in [0, 0.1) is 6.92 Å². The first-order valence-corrected chi connectivity index (χ1v) is 9.87. The second kappa shape index (κ2) is 7.75. The van der Waals surface area contributed by atoms with E-state index >= 15 is 0 Å². The van der Waals surface area contributed by atoms with E-state index in [0.29, 0.717) is 0 Å². The van der Waals surface area contributed by atoms with Gasteiger partial charge in [0, 0.05) is 29.7 Å². The molecule has 0 bridgehead atoms. The molecule has 27 heavy (non-hydrogen) atoms. The fraction of sp³-hybridized carbons (Fsp3) is 0.192. The number of hydrogen-bond acceptors (Lipinski definition) is 0. The molecule has 4 rings (SSSR count). The van der Waals surface area contributed by atoms with Gasteiger partial charge in [-0.1, -0.05) is 80.1 Å². The van der Waals surface area contributed by atoms with Crippen molar-refractivity contribution >= 4 is 10.8 Å². The van der Waals surface area contributed by atoms with Crippen molar-refractivity contribution in [3.8, 4) is 22.4 Å². The molecular formula is C26H26N+. The summed E-state index contributed by atoms with van der Waals surface area (Å²) < 4.78 is 2.53. The minimum atomic E-state index is 1.04. The van der Waals surface area contributed by atoms with Crippen LogP contribution in [-0.4, -0.2) is 0 Å². The molecule has 134 valence electrons. The van der Waals surface area contributed by atoms with Crippen molar-refractivity contribution in [2.75, 3.05) is 0 Å². The Morgan fingerprint density at radius 3 is 1.85 bits per heavy atom. The number of benzene rings is 3. The number of fused-ring (bicyclic) bond motifs is 1. The van der Waals surface area contributed by atoms with Crippen LogP contribution < -0.4 is 4.57 Å². The molecule has 1 aromatic heterocycles. The lowest BCUT2D eigenvalue weighted by Gasteiger charge is -2.16. The van der Waals surface area contributed by atoms with Gasteiger partial charge >= 0.3 is 0 Å². The molecule has 0 saturated heterocycles. The van der Waals surface area contributed by atoms with E-state index in [2.05, 4.69) is 103 Å². The first-order chi connectivity index (χ1) is 13.3. The third kappa shape index (κ3) is 3.26. The van der Waals surface area contributed by atoms with Crippen LogP contribution in [0.25, 0.3) is 33.2 Å². The summed E-state index contributed by atoms with van der Waals surface area (Å²) in [7, 11) is 0. The topological polar surface area (TPSA) is 3.88 Å². The van der Waals surface area contributed by atoms with Gasteiger partial charge in [-0.15, -0.1) is 0 Å². The zero-order valence-corrected chi connectivity index (χ0v) is 16.2. The van der Waals surface area contributed by atoms with E-state index in [4.69, 9.17) is 0 Å². The van der Waals surface area contributed by atoms with Crippen molar-refractivity contribution in [2.45, 2.75) is 33.2 Å². The summed E-state index contributed by atoms with van der Waals surface area (Å²) >= 11 is 0. The fourth-order valence-electron chi connectivity index (χ4n) is 3.98. The lowest BCUT2D eigenvalue weighted by molar-refractivity contribution is -0.690. The summed E-state index contributed by atoms with van der Waals surface area (Å²) in [5.41, 5.74) is 6.56. The molecule has 0 saturated carbocycles. The molecule has 0 amide bonds. The van der Waals surface area contributed by atoms with Gasteiger partial charge < -0.3 is 0 Å². The minimum absolute atomic E-state index is 1.04. The molecule has 1 heterocycles. The second-order valence-corrected chi connectivity index (χ2v) is 7.09. The van der Waals surface area contributed by atoms with Gasteiger partial charge in [-0.2, -0.15) is 4.57 Å². The molecule has 0 aliphatic rings. The van der Waals surface area contributed by atoms with Crippen molar-refractivity contribution in [2.24, 2.45) is 0 Å². The van der Waals surface area contributed by atoms with E-state index in [1.807, 2.05) is 0 Å². The minimum Gasteiger partial charge on any atom is -0.195 e. The average Bonchev–Trinajstić information content (AvgIpc) is 2.74. The molecule has 0 radical (unpaired) electrons. The Kier molecular flexibility index (Phi) is 5.02. The van der Waals surface area contributed by atoms with Crippen LogP contribution in [0.5, 0.6) is 0 Å². The third-order valence-electron chi connectivity index (χ3n) is 5.34. The molecule has 0 unspecified atom stereocenters. The second-order valence-electron chi connectivity index (χ2n) is 7.09. The van der Waals surface area contributed by atoms with Crippen LogP contribution in [0.1, 0.15) is 25.5 Å². The summed E-state index contributed by atoms with van der Waals surface area (Å²) in [5, 5.41) is 2.67. The molecule has 1 nitrogen and oxygen atoms in total. The Hall–Kier alpha value is -2.93. The molecule has 3 aromatic carbocycles. The highest BCUT2D eigenvalue weighted by molar-refractivity contribution is 6.02. The Labute approximate surface area is 161 Å². The van der Waals surface area contributed by atoms with E-state index in [1.165, 1.54) is 51.7 Å². The largest absolute Gasteiger partial charge is 0.221 e. The highest BCUT2D eigenvalue weighted by Gasteiger charge is 2.26. The Bertz CT molecular complexity index is 1050. The normalized spacial score (nSPS) is 11.0.